The van der Waals surface area contributed by atoms with Gasteiger partial charge in [0.25, 0.3) is 0 Å². The van der Waals surface area contributed by atoms with E-state index in [1.54, 1.807) is 0 Å². The highest BCUT2D eigenvalue weighted by molar-refractivity contribution is 7.46. The van der Waals surface area contributed by atoms with E-state index in [9.17, 15) is 14.2 Å². The fourth-order valence-electron chi connectivity index (χ4n) is 5.34. The minimum Gasteiger partial charge on any atom is -0.462 e. The van der Waals surface area contributed by atoms with E-state index < -0.39 is 32.5 Å². The molecule has 1 rings (SSSR count). The van der Waals surface area contributed by atoms with Crippen LogP contribution in [0.4, 0.5) is 0 Å². The van der Waals surface area contributed by atoms with Gasteiger partial charge in [-0.2, -0.15) is 0 Å². The van der Waals surface area contributed by atoms with Gasteiger partial charge in [-0.1, -0.05) is 126 Å². The number of phosphoric ester groups is 1. The highest BCUT2D eigenvalue weighted by atomic mass is 31.2. The van der Waals surface area contributed by atoms with Gasteiger partial charge in [0.2, 0.25) is 0 Å². The zero-order valence-electron chi connectivity index (χ0n) is 31.7. The Kier molecular flexibility index (Phi) is 29.7. The molecule has 9 nitrogen and oxygen atoms in total. The number of unbranched alkanes of at least 4 members (excludes halogenated alkanes) is 13. The Morgan fingerprint density at radius 2 is 1.14 bits per heavy atom. The second kappa shape index (κ2) is 32.4. The van der Waals surface area contributed by atoms with Crippen molar-refractivity contribution in [2.45, 2.75) is 173 Å². The lowest BCUT2D eigenvalue weighted by molar-refractivity contribution is -0.161. The molecule has 1 fully saturated rings. The van der Waals surface area contributed by atoms with Gasteiger partial charge in [-0.25, -0.2) is 4.57 Å². The van der Waals surface area contributed by atoms with Gasteiger partial charge in [0, 0.05) is 12.8 Å². The second-order valence-electron chi connectivity index (χ2n) is 13.3. The first-order valence-electron chi connectivity index (χ1n) is 19.7. The average molecular weight is 737 g/mol. The molecule has 1 aliphatic heterocycles. The van der Waals surface area contributed by atoms with Crippen LogP contribution in [0, 0.1) is 0 Å². The summed E-state index contributed by atoms with van der Waals surface area (Å²) in [5.41, 5.74) is 0. The minimum atomic E-state index is -4.77. The number of carbonyl (C=O) groups excluding carboxylic acids is 2. The Morgan fingerprint density at radius 1 is 0.627 bits per heavy atom. The van der Waals surface area contributed by atoms with Gasteiger partial charge in [-0.15, -0.1) is 0 Å². The number of phosphoric acid groups is 1. The molecule has 0 radical (unpaired) electrons. The molecule has 1 heterocycles. The van der Waals surface area contributed by atoms with Crippen LogP contribution in [-0.4, -0.2) is 53.3 Å². The fourth-order valence-corrected chi connectivity index (χ4v) is 5.70. The molecule has 0 aromatic rings. The fraction of sp³-hybridized carbons (Fsp3) is 0.707. The lowest BCUT2D eigenvalue weighted by atomic mass is 10.1. The Balaban J connectivity index is 2.14. The average Bonchev–Trinajstić information content (AvgIpc) is 3.85. The zero-order valence-corrected chi connectivity index (χ0v) is 32.6. The molecular weight excluding hydrogens is 667 g/mol. The van der Waals surface area contributed by atoms with Gasteiger partial charge in [0.05, 0.1) is 18.8 Å². The van der Waals surface area contributed by atoms with Gasteiger partial charge in [0.1, 0.15) is 6.61 Å². The maximum absolute atomic E-state index is 12.4. The van der Waals surface area contributed by atoms with Crippen LogP contribution in [0.5, 0.6) is 0 Å². The molecule has 0 aliphatic carbocycles. The zero-order chi connectivity index (χ0) is 37.3. The van der Waals surface area contributed by atoms with E-state index in [0.29, 0.717) is 31.5 Å². The molecule has 1 saturated heterocycles. The van der Waals surface area contributed by atoms with Crippen LogP contribution in [0.1, 0.15) is 155 Å². The number of carbonyl (C=O) groups is 2. The van der Waals surface area contributed by atoms with Crippen molar-refractivity contribution in [3.8, 4) is 0 Å². The molecule has 51 heavy (non-hydrogen) atoms. The SMILES string of the molecule is CCCCC/C=C\CC1OC1C/C=C\C/C=C\CCCC(=O)OC[C@H](COP(=O)(O)O)OC(=O)CCCCCCC/C=C\C=C/CCCCCC. The largest absolute Gasteiger partial charge is 0.469 e. The topological polar surface area (TPSA) is 132 Å². The summed E-state index contributed by atoms with van der Waals surface area (Å²) in [5, 5.41) is 0. The van der Waals surface area contributed by atoms with Crippen LogP contribution in [0.25, 0.3) is 0 Å². The van der Waals surface area contributed by atoms with E-state index in [1.165, 1.54) is 44.9 Å². The van der Waals surface area contributed by atoms with E-state index in [0.717, 1.165) is 64.2 Å². The summed E-state index contributed by atoms with van der Waals surface area (Å²) >= 11 is 0. The van der Waals surface area contributed by atoms with E-state index >= 15 is 0 Å². The Hall–Kier alpha value is -2.29. The predicted molar refractivity (Wildman–Crippen MR) is 206 cm³/mol. The lowest BCUT2D eigenvalue weighted by Crippen LogP contribution is -2.29. The summed E-state index contributed by atoms with van der Waals surface area (Å²) in [4.78, 5) is 42.8. The summed E-state index contributed by atoms with van der Waals surface area (Å²) in [5.74, 6) is -0.979. The maximum atomic E-state index is 12.4. The Labute approximate surface area is 309 Å². The third-order valence-electron chi connectivity index (χ3n) is 8.44. The number of esters is 2. The van der Waals surface area contributed by atoms with Gasteiger partial charge in [-0.05, 0) is 77.0 Å². The van der Waals surface area contributed by atoms with Crippen LogP contribution in [0.2, 0.25) is 0 Å². The van der Waals surface area contributed by atoms with Crippen LogP contribution in [0.3, 0.4) is 0 Å². The van der Waals surface area contributed by atoms with Crippen molar-refractivity contribution in [1.29, 1.82) is 0 Å². The molecule has 3 atom stereocenters. The maximum Gasteiger partial charge on any atom is 0.469 e. The quantitative estimate of drug-likeness (QED) is 0.0165. The monoisotopic (exact) mass is 736 g/mol. The first-order chi connectivity index (χ1) is 24.7. The molecule has 0 saturated carbocycles. The normalized spacial score (nSPS) is 17.1. The molecule has 2 N–H and O–H groups in total. The molecule has 0 bridgehead atoms. The number of allylic oxidation sites excluding steroid dienone is 8. The molecule has 0 amide bonds. The number of hydrogen-bond donors (Lipinski definition) is 2. The van der Waals surface area contributed by atoms with Crippen molar-refractivity contribution in [1.82, 2.24) is 0 Å². The van der Waals surface area contributed by atoms with Crippen molar-refractivity contribution in [2.75, 3.05) is 13.2 Å². The van der Waals surface area contributed by atoms with Crippen molar-refractivity contribution in [3.05, 3.63) is 60.8 Å². The number of epoxide rings is 1. The first kappa shape index (κ1) is 46.7. The molecule has 2 unspecified atom stereocenters. The summed E-state index contributed by atoms with van der Waals surface area (Å²) < 4.78 is 32.0. The lowest BCUT2D eigenvalue weighted by Gasteiger charge is -2.18. The molecule has 292 valence electrons. The molecule has 0 aromatic heterocycles. The predicted octanol–water partition coefficient (Wildman–Crippen LogP) is 10.7. The van der Waals surface area contributed by atoms with Crippen LogP contribution < -0.4 is 0 Å². The van der Waals surface area contributed by atoms with Crippen LogP contribution in [-0.2, 0) is 32.9 Å². The highest BCUT2D eigenvalue weighted by Gasteiger charge is 2.36. The second-order valence-corrected chi connectivity index (χ2v) is 14.6. The molecule has 0 spiro atoms. The van der Waals surface area contributed by atoms with E-state index in [-0.39, 0.29) is 19.4 Å². The van der Waals surface area contributed by atoms with Gasteiger partial charge < -0.3 is 24.0 Å². The third-order valence-corrected chi connectivity index (χ3v) is 8.92. The summed E-state index contributed by atoms with van der Waals surface area (Å²) in [6.07, 6.45) is 42.6. The number of rotatable bonds is 34. The van der Waals surface area contributed by atoms with Crippen molar-refractivity contribution in [3.63, 3.8) is 0 Å². The van der Waals surface area contributed by atoms with Crippen LogP contribution >= 0.6 is 7.82 Å². The molecular formula is C41H69O9P. The summed E-state index contributed by atoms with van der Waals surface area (Å²) in [6.45, 7) is 3.55. The molecule has 0 aromatic carbocycles. The van der Waals surface area contributed by atoms with Gasteiger partial charge in [-0.3, -0.25) is 14.1 Å². The van der Waals surface area contributed by atoms with Crippen molar-refractivity contribution >= 4 is 19.8 Å². The van der Waals surface area contributed by atoms with E-state index in [4.69, 9.17) is 24.0 Å². The van der Waals surface area contributed by atoms with Crippen molar-refractivity contribution < 1.29 is 42.7 Å². The standard InChI is InChI=1S/C41H69O9P/c1-3-5-7-9-11-12-13-14-15-16-17-18-21-26-30-34-41(43)49-37(36-48-51(44,45)46)35-47-40(42)33-29-25-22-19-20-24-28-32-39-38(50-39)31-27-23-10-8-6-4-2/h12-15,19,22-24,27-28,37-39H,3-11,16-18,20-21,25-26,29-36H2,1-2H3,(H2,44,45,46)/b13-12-,15-14-,22-19-,27-23-,28-24-/t37-,38?,39?/m1/s1. The minimum absolute atomic E-state index is 0.177. The van der Waals surface area contributed by atoms with E-state index in [1.807, 2.05) is 6.08 Å². The van der Waals surface area contributed by atoms with Gasteiger partial charge >= 0.3 is 19.8 Å². The van der Waals surface area contributed by atoms with Crippen LogP contribution in [0.15, 0.2) is 60.8 Å². The number of hydrogen-bond acceptors (Lipinski definition) is 7. The summed E-state index contributed by atoms with van der Waals surface area (Å²) in [7, 11) is -4.77. The Bertz CT molecular complexity index is 1080. The molecule has 10 heteroatoms. The number of ether oxygens (including phenoxy) is 3. The summed E-state index contributed by atoms with van der Waals surface area (Å²) in [6, 6.07) is 0. The van der Waals surface area contributed by atoms with Gasteiger partial charge in [0.15, 0.2) is 6.10 Å². The highest BCUT2D eigenvalue weighted by Crippen LogP contribution is 2.36. The smallest absolute Gasteiger partial charge is 0.462 e. The molecule has 1 aliphatic rings. The van der Waals surface area contributed by atoms with E-state index in [2.05, 4.69) is 73.1 Å². The third kappa shape index (κ3) is 32.1. The first-order valence-corrected chi connectivity index (χ1v) is 21.3. The van der Waals surface area contributed by atoms with Crippen molar-refractivity contribution in [2.24, 2.45) is 0 Å². The Morgan fingerprint density at radius 3 is 1.82 bits per heavy atom.